The van der Waals surface area contributed by atoms with Gasteiger partial charge in [0, 0.05) is 15.8 Å². The molecule has 1 fully saturated rings. The molecule has 0 radical (unpaired) electrons. The quantitative estimate of drug-likeness (QED) is 0.789. The lowest BCUT2D eigenvalue weighted by molar-refractivity contribution is 0.356. The van der Waals surface area contributed by atoms with E-state index >= 15 is 0 Å². The smallest absolute Gasteiger partial charge is 0.0452 e. The van der Waals surface area contributed by atoms with Crippen LogP contribution in [0.15, 0.2) is 29.2 Å². The Morgan fingerprint density at radius 3 is 2.50 bits per heavy atom. The molecule has 0 aromatic heterocycles. The average molecular weight is 235 g/mol. The summed E-state index contributed by atoms with van der Waals surface area (Å²) in [6.45, 7) is 2.31. The second kappa shape index (κ2) is 5.62. The number of nitrogen functional groups attached to an aromatic ring is 1. The van der Waals surface area contributed by atoms with Crippen molar-refractivity contribution in [2.45, 2.75) is 49.2 Å². The van der Waals surface area contributed by atoms with E-state index in [2.05, 4.69) is 19.1 Å². The molecule has 1 aromatic rings. The highest BCUT2D eigenvalue weighted by Crippen LogP contribution is 2.38. The molecule has 1 aliphatic carbocycles. The number of hydrogen-bond donors (Lipinski definition) is 1. The van der Waals surface area contributed by atoms with Crippen molar-refractivity contribution in [1.29, 1.82) is 0 Å². The highest BCUT2D eigenvalue weighted by molar-refractivity contribution is 8.00. The highest BCUT2D eigenvalue weighted by Gasteiger charge is 2.21. The molecule has 0 saturated heterocycles. The summed E-state index contributed by atoms with van der Waals surface area (Å²) in [5.74, 6) is 0.977. The van der Waals surface area contributed by atoms with Crippen molar-refractivity contribution in [3.05, 3.63) is 24.3 Å². The van der Waals surface area contributed by atoms with Crippen LogP contribution in [0.3, 0.4) is 0 Å². The van der Waals surface area contributed by atoms with Gasteiger partial charge in [-0.05, 0) is 43.7 Å². The fourth-order valence-corrected chi connectivity index (χ4v) is 3.65. The van der Waals surface area contributed by atoms with E-state index in [0.717, 1.165) is 16.9 Å². The number of hydrogen-bond acceptors (Lipinski definition) is 2. The van der Waals surface area contributed by atoms with E-state index in [1.165, 1.54) is 37.0 Å². The van der Waals surface area contributed by atoms with Crippen molar-refractivity contribution >= 4 is 17.4 Å². The minimum absolute atomic E-state index is 0.785. The monoisotopic (exact) mass is 235 g/mol. The van der Waals surface area contributed by atoms with Crippen molar-refractivity contribution in [1.82, 2.24) is 0 Å². The van der Waals surface area contributed by atoms with Gasteiger partial charge < -0.3 is 5.73 Å². The van der Waals surface area contributed by atoms with E-state index in [4.69, 9.17) is 5.73 Å². The van der Waals surface area contributed by atoms with Gasteiger partial charge in [0.05, 0.1) is 0 Å². The lowest BCUT2D eigenvalue weighted by Gasteiger charge is -2.27. The van der Waals surface area contributed by atoms with E-state index < -0.39 is 0 Å². The van der Waals surface area contributed by atoms with Gasteiger partial charge in [-0.3, -0.25) is 0 Å². The summed E-state index contributed by atoms with van der Waals surface area (Å²) >= 11 is 1.98. The molecule has 88 valence electrons. The molecule has 2 rings (SSSR count). The van der Waals surface area contributed by atoms with Gasteiger partial charge >= 0.3 is 0 Å². The molecule has 0 heterocycles. The fourth-order valence-electron chi connectivity index (χ4n) is 2.43. The normalized spacial score (nSPS) is 25.6. The lowest BCUT2D eigenvalue weighted by atomic mass is 9.87. The van der Waals surface area contributed by atoms with Crippen LogP contribution in [-0.4, -0.2) is 5.25 Å². The number of para-hydroxylation sites is 1. The summed E-state index contributed by atoms with van der Waals surface area (Å²) in [5.41, 5.74) is 6.91. The Kier molecular flexibility index (Phi) is 4.16. The molecule has 1 aromatic carbocycles. The zero-order chi connectivity index (χ0) is 11.4. The first kappa shape index (κ1) is 11.8. The van der Waals surface area contributed by atoms with Crippen LogP contribution >= 0.6 is 11.8 Å². The van der Waals surface area contributed by atoms with Gasteiger partial charge in [-0.25, -0.2) is 0 Å². The zero-order valence-corrected chi connectivity index (χ0v) is 10.8. The first-order valence-corrected chi connectivity index (χ1v) is 7.18. The summed E-state index contributed by atoms with van der Waals surface area (Å²) in [6, 6.07) is 8.23. The van der Waals surface area contributed by atoms with Crippen LogP contribution in [0.2, 0.25) is 0 Å². The zero-order valence-electron chi connectivity index (χ0n) is 9.99. The number of rotatable bonds is 3. The first-order valence-electron chi connectivity index (χ1n) is 6.30. The van der Waals surface area contributed by atoms with Crippen LogP contribution in [0.4, 0.5) is 5.69 Å². The molecular formula is C14H21NS. The van der Waals surface area contributed by atoms with Crippen LogP contribution in [0, 0.1) is 5.92 Å². The summed E-state index contributed by atoms with van der Waals surface area (Å²) in [6.07, 6.45) is 6.88. The van der Waals surface area contributed by atoms with Gasteiger partial charge in [0.2, 0.25) is 0 Å². The van der Waals surface area contributed by atoms with Gasteiger partial charge in [-0.2, -0.15) is 0 Å². The Morgan fingerprint density at radius 2 is 1.88 bits per heavy atom. The minimum atomic E-state index is 0.785. The predicted octanol–water partition coefficient (Wildman–Crippen LogP) is 4.33. The molecule has 2 N–H and O–H groups in total. The molecule has 0 aliphatic heterocycles. The highest BCUT2D eigenvalue weighted by atomic mass is 32.2. The molecule has 0 atom stereocenters. The summed E-state index contributed by atoms with van der Waals surface area (Å²) in [4.78, 5) is 1.27. The number of nitrogens with two attached hydrogens (primary N) is 1. The lowest BCUT2D eigenvalue weighted by Crippen LogP contribution is -2.15. The molecular weight excluding hydrogens is 214 g/mol. The van der Waals surface area contributed by atoms with Crippen LogP contribution in [0.25, 0.3) is 0 Å². The maximum absolute atomic E-state index is 5.97. The van der Waals surface area contributed by atoms with Crippen molar-refractivity contribution in [2.24, 2.45) is 5.92 Å². The average Bonchev–Trinajstić information content (AvgIpc) is 2.33. The van der Waals surface area contributed by atoms with E-state index in [0.29, 0.717) is 0 Å². The minimum Gasteiger partial charge on any atom is -0.398 e. The molecule has 16 heavy (non-hydrogen) atoms. The van der Waals surface area contributed by atoms with Gasteiger partial charge in [0.1, 0.15) is 0 Å². The molecule has 0 bridgehead atoms. The van der Waals surface area contributed by atoms with Crippen LogP contribution in [-0.2, 0) is 0 Å². The fraction of sp³-hybridized carbons (Fsp3) is 0.571. The molecule has 1 nitrogen and oxygen atoms in total. The SMILES string of the molecule is CCC1CCC(Sc2ccccc2N)CC1. The van der Waals surface area contributed by atoms with E-state index in [1.54, 1.807) is 0 Å². The van der Waals surface area contributed by atoms with Crippen LogP contribution < -0.4 is 5.73 Å². The number of anilines is 1. The Balaban J connectivity index is 1.89. The molecule has 1 saturated carbocycles. The largest absolute Gasteiger partial charge is 0.398 e. The second-order valence-corrected chi connectivity index (χ2v) is 6.05. The third-order valence-corrected chi connectivity index (χ3v) is 5.01. The topological polar surface area (TPSA) is 26.0 Å². The number of benzene rings is 1. The molecule has 0 unspecified atom stereocenters. The summed E-state index contributed by atoms with van der Waals surface area (Å²) < 4.78 is 0. The van der Waals surface area contributed by atoms with Gasteiger partial charge in [-0.15, -0.1) is 11.8 Å². The van der Waals surface area contributed by atoms with Crippen molar-refractivity contribution in [2.75, 3.05) is 5.73 Å². The predicted molar refractivity (Wildman–Crippen MR) is 72.7 cm³/mol. The first-order chi connectivity index (χ1) is 7.79. The Labute approximate surface area is 103 Å². The maximum atomic E-state index is 5.97. The maximum Gasteiger partial charge on any atom is 0.0452 e. The van der Waals surface area contributed by atoms with Crippen LogP contribution in [0.1, 0.15) is 39.0 Å². The second-order valence-electron chi connectivity index (χ2n) is 4.71. The van der Waals surface area contributed by atoms with Crippen LogP contribution in [0.5, 0.6) is 0 Å². The summed E-state index contributed by atoms with van der Waals surface area (Å²) in [7, 11) is 0. The third kappa shape index (κ3) is 2.94. The van der Waals surface area contributed by atoms with Gasteiger partial charge in [0.25, 0.3) is 0 Å². The van der Waals surface area contributed by atoms with Crippen molar-refractivity contribution < 1.29 is 0 Å². The third-order valence-electron chi connectivity index (χ3n) is 3.58. The molecule has 2 heteroatoms. The number of thioether (sulfide) groups is 1. The summed E-state index contributed by atoms with van der Waals surface area (Å²) in [5, 5.41) is 0.785. The Hall–Kier alpha value is -0.630. The molecule has 1 aliphatic rings. The van der Waals surface area contributed by atoms with Gasteiger partial charge in [0.15, 0.2) is 0 Å². The molecule has 0 spiro atoms. The van der Waals surface area contributed by atoms with E-state index in [1.807, 2.05) is 23.9 Å². The van der Waals surface area contributed by atoms with E-state index in [-0.39, 0.29) is 0 Å². The Bertz CT molecular complexity index is 329. The van der Waals surface area contributed by atoms with Crippen molar-refractivity contribution in [3.63, 3.8) is 0 Å². The van der Waals surface area contributed by atoms with E-state index in [9.17, 15) is 0 Å². The molecule has 0 amide bonds. The Morgan fingerprint density at radius 1 is 1.19 bits per heavy atom. The standard InChI is InChI=1S/C14H21NS/c1-2-11-7-9-12(10-8-11)16-14-6-4-3-5-13(14)15/h3-6,11-12H,2,7-10,15H2,1H3. The van der Waals surface area contributed by atoms with Gasteiger partial charge in [-0.1, -0.05) is 25.5 Å². The van der Waals surface area contributed by atoms with Crippen molar-refractivity contribution in [3.8, 4) is 0 Å².